The van der Waals surface area contributed by atoms with E-state index in [0.717, 1.165) is 28.9 Å². The van der Waals surface area contributed by atoms with Gasteiger partial charge in [0.25, 0.3) is 0 Å². The molecule has 0 spiro atoms. The number of rotatable bonds is 6. The standard InChI is InChI=1S/C16H23N3O/c1-11(2)18-10-12(3)19-15-9-14(20-4)8-13-6-5-7-17-16(13)15/h5-9,11-12,18-19H,10H2,1-4H3/t12-/m0/s1. The van der Waals surface area contributed by atoms with Crippen LogP contribution in [0, 0.1) is 0 Å². The van der Waals surface area contributed by atoms with Crippen LogP contribution in [0.15, 0.2) is 30.5 Å². The smallest absolute Gasteiger partial charge is 0.121 e. The number of pyridine rings is 1. The summed E-state index contributed by atoms with van der Waals surface area (Å²) in [6.07, 6.45) is 1.82. The van der Waals surface area contributed by atoms with E-state index in [0.29, 0.717) is 12.1 Å². The van der Waals surface area contributed by atoms with Crippen molar-refractivity contribution in [2.24, 2.45) is 0 Å². The molecule has 0 amide bonds. The molecule has 0 saturated heterocycles. The number of nitrogens with zero attached hydrogens (tertiary/aromatic N) is 1. The van der Waals surface area contributed by atoms with Gasteiger partial charge in [0.1, 0.15) is 5.75 Å². The Morgan fingerprint density at radius 1 is 1.25 bits per heavy atom. The van der Waals surface area contributed by atoms with Crippen LogP contribution in [0.2, 0.25) is 0 Å². The molecule has 1 heterocycles. The fourth-order valence-electron chi connectivity index (χ4n) is 2.12. The van der Waals surface area contributed by atoms with E-state index >= 15 is 0 Å². The van der Waals surface area contributed by atoms with Crippen LogP contribution in [0.3, 0.4) is 0 Å². The summed E-state index contributed by atoms with van der Waals surface area (Å²) in [5.74, 6) is 0.844. The summed E-state index contributed by atoms with van der Waals surface area (Å²) >= 11 is 0. The van der Waals surface area contributed by atoms with Crippen molar-refractivity contribution in [3.05, 3.63) is 30.5 Å². The molecule has 4 nitrogen and oxygen atoms in total. The molecule has 20 heavy (non-hydrogen) atoms. The summed E-state index contributed by atoms with van der Waals surface area (Å²) in [6.45, 7) is 7.36. The summed E-state index contributed by atoms with van der Waals surface area (Å²) in [5, 5.41) is 8.02. The molecule has 1 atom stereocenters. The summed E-state index contributed by atoms with van der Waals surface area (Å²) < 4.78 is 5.36. The number of hydrogen-bond donors (Lipinski definition) is 2. The lowest BCUT2D eigenvalue weighted by Crippen LogP contribution is -2.34. The molecule has 0 aliphatic carbocycles. The quantitative estimate of drug-likeness (QED) is 0.849. The molecule has 0 saturated carbocycles. The Balaban J connectivity index is 2.23. The zero-order chi connectivity index (χ0) is 14.5. The third kappa shape index (κ3) is 3.61. The number of ether oxygens (including phenoxy) is 1. The van der Waals surface area contributed by atoms with Gasteiger partial charge in [0.2, 0.25) is 0 Å². The average Bonchev–Trinajstić information content (AvgIpc) is 2.45. The molecule has 1 aromatic heterocycles. The zero-order valence-electron chi connectivity index (χ0n) is 12.6. The van der Waals surface area contributed by atoms with Gasteiger partial charge in [-0.15, -0.1) is 0 Å². The minimum atomic E-state index is 0.315. The highest BCUT2D eigenvalue weighted by molar-refractivity contribution is 5.91. The Morgan fingerprint density at radius 2 is 2.05 bits per heavy atom. The summed E-state index contributed by atoms with van der Waals surface area (Å²) in [4.78, 5) is 4.47. The normalized spacial score (nSPS) is 12.7. The highest BCUT2D eigenvalue weighted by Crippen LogP contribution is 2.28. The van der Waals surface area contributed by atoms with Gasteiger partial charge in [-0.1, -0.05) is 19.9 Å². The molecule has 0 aliphatic rings. The second kappa shape index (κ2) is 6.57. The van der Waals surface area contributed by atoms with Crippen molar-refractivity contribution in [3.63, 3.8) is 0 Å². The van der Waals surface area contributed by atoms with Crippen molar-refractivity contribution in [1.82, 2.24) is 10.3 Å². The first-order valence-electron chi connectivity index (χ1n) is 7.03. The van der Waals surface area contributed by atoms with Crippen molar-refractivity contribution in [1.29, 1.82) is 0 Å². The summed E-state index contributed by atoms with van der Waals surface area (Å²) in [7, 11) is 1.69. The van der Waals surface area contributed by atoms with Crippen LogP contribution in [-0.2, 0) is 0 Å². The Labute approximate surface area is 120 Å². The Bertz CT molecular complexity index is 569. The van der Waals surface area contributed by atoms with Gasteiger partial charge in [0.05, 0.1) is 18.3 Å². The SMILES string of the molecule is COc1cc(N[C@@H](C)CNC(C)C)c2ncccc2c1. The van der Waals surface area contributed by atoms with Crippen molar-refractivity contribution >= 4 is 16.6 Å². The largest absolute Gasteiger partial charge is 0.497 e. The van der Waals surface area contributed by atoms with E-state index in [4.69, 9.17) is 4.74 Å². The Morgan fingerprint density at radius 3 is 2.75 bits per heavy atom. The molecule has 1 aromatic carbocycles. The first kappa shape index (κ1) is 14.6. The maximum Gasteiger partial charge on any atom is 0.121 e. The summed E-state index contributed by atoms with van der Waals surface area (Å²) in [5.41, 5.74) is 1.99. The lowest BCUT2D eigenvalue weighted by Gasteiger charge is -2.19. The van der Waals surface area contributed by atoms with E-state index in [2.05, 4.69) is 36.4 Å². The minimum absolute atomic E-state index is 0.315. The number of methoxy groups -OCH3 is 1. The highest BCUT2D eigenvalue weighted by atomic mass is 16.5. The maximum absolute atomic E-state index is 5.36. The van der Waals surface area contributed by atoms with Gasteiger partial charge in [-0.05, 0) is 19.1 Å². The second-order valence-corrected chi connectivity index (χ2v) is 5.36. The van der Waals surface area contributed by atoms with Gasteiger partial charge in [0, 0.05) is 36.3 Å². The number of nitrogens with one attached hydrogen (secondary N) is 2. The zero-order valence-corrected chi connectivity index (χ0v) is 12.6. The molecule has 4 heteroatoms. The van der Waals surface area contributed by atoms with E-state index in [1.165, 1.54) is 0 Å². The molecule has 2 aromatic rings. The van der Waals surface area contributed by atoms with Crippen LogP contribution in [0.5, 0.6) is 5.75 Å². The molecule has 108 valence electrons. The number of fused-ring (bicyclic) bond motifs is 1. The van der Waals surface area contributed by atoms with E-state index in [1.54, 1.807) is 7.11 Å². The molecule has 0 aliphatic heterocycles. The lowest BCUT2D eigenvalue weighted by atomic mass is 10.1. The van der Waals surface area contributed by atoms with Crippen LogP contribution >= 0.6 is 0 Å². The van der Waals surface area contributed by atoms with Crippen molar-refractivity contribution < 1.29 is 4.74 Å². The van der Waals surface area contributed by atoms with Gasteiger partial charge in [-0.25, -0.2) is 0 Å². The van der Waals surface area contributed by atoms with Crippen molar-refractivity contribution in [2.75, 3.05) is 19.0 Å². The van der Waals surface area contributed by atoms with E-state index < -0.39 is 0 Å². The highest BCUT2D eigenvalue weighted by Gasteiger charge is 2.09. The maximum atomic E-state index is 5.36. The van der Waals surface area contributed by atoms with Gasteiger partial charge < -0.3 is 15.4 Å². The van der Waals surface area contributed by atoms with Crippen molar-refractivity contribution in [2.45, 2.75) is 32.9 Å². The average molecular weight is 273 g/mol. The van der Waals surface area contributed by atoms with Gasteiger partial charge in [-0.2, -0.15) is 0 Å². The van der Waals surface area contributed by atoms with E-state index in [9.17, 15) is 0 Å². The number of anilines is 1. The second-order valence-electron chi connectivity index (χ2n) is 5.36. The van der Waals surface area contributed by atoms with Gasteiger partial charge in [0.15, 0.2) is 0 Å². The van der Waals surface area contributed by atoms with Crippen LogP contribution < -0.4 is 15.4 Å². The molecule has 0 radical (unpaired) electrons. The molecule has 0 fully saturated rings. The Hall–Kier alpha value is -1.81. The molecule has 0 bridgehead atoms. The Kier molecular flexibility index (Phi) is 4.79. The molecular formula is C16H23N3O. The first-order valence-corrected chi connectivity index (χ1v) is 7.03. The third-order valence-corrected chi connectivity index (χ3v) is 3.15. The van der Waals surface area contributed by atoms with Crippen LogP contribution in [0.1, 0.15) is 20.8 Å². The van der Waals surface area contributed by atoms with Crippen LogP contribution in [-0.4, -0.2) is 30.7 Å². The van der Waals surface area contributed by atoms with Gasteiger partial charge in [-0.3, -0.25) is 4.98 Å². The molecule has 0 unspecified atom stereocenters. The fourth-order valence-corrected chi connectivity index (χ4v) is 2.12. The molecule has 2 rings (SSSR count). The van der Waals surface area contributed by atoms with Gasteiger partial charge >= 0.3 is 0 Å². The molecule has 2 N–H and O–H groups in total. The van der Waals surface area contributed by atoms with Crippen LogP contribution in [0.4, 0.5) is 5.69 Å². The number of aromatic nitrogens is 1. The van der Waals surface area contributed by atoms with E-state index in [-0.39, 0.29) is 0 Å². The predicted molar refractivity (Wildman–Crippen MR) is 84.5 cm³/mol. The monoisotopic (exact) mass is 273 g/mol. The first-order chi connectivity index (χ1) is 9.60. The van der Waals surface area contributed by atoms with Crippen molar-refractivity contribution in [3.8, 4) is 5.75 Å². The van der Waals surface area contributed by atoms with Crippen LogP contribution in [0.25, 0.3) is 10.9 Å². The third-order valence-electron chi connectivity index (χ3n) is 3.15. The molecular weight excluding hydrogens is 250 g/mol. The number of hydrogen-bond acceptors (Lipinski definition) is 4. The minimum Gasteiger partial charge on any atom is -0.497 e. The fraction of sp³-hybridized carbons (Fsp3) is 0.438. The lowest BCUT2D eigenvalue weighted by molar-refractivity contribution is 0.415. The predicted octanol–water partition coefficient (Wildman–Crippen LogP) is 3.04. The van der Waals surface area contributed by atoms with E-state index in [1.807, 2.05) is 30.5 Å². The summed E-state index contributed by atoms with van der Waals surface area (Å²) in [6, 6.07) is 8.79. The topological polar surface area (TPSA) is 46.2 Å². The number of benzene rings is 1.